The van der Waals surface area contributed by atoms with Gasteiger partial charge in [0.2, 0.25) is 0 Å². The predicted molar refractivity (Wildman–Crippen MR) is 114 cm³/mol. The van der Waals surface area contributed by atoms with E-state index in [0.717, 1.165) is 11.4 Å². The van der Waals surface area contributed by atoms with E-state index in [9.17, 15) is 4.79 Å². The van der Waals surface area contributed by atoms with Gasteiger partial charge in [-0.15, -0.1) is 0 Å². The number of carbonyl (C=O) groups is 1. The van der Waals surface area contributed by atoms with Crippen LogP contribution < -0.4 is 15.4 Å². The van der Waals surface area contributed by atoms with Gasteiger partial charge in [-0.1, -0.05) is 11.6 Å². The van der Waals surface area contributed by atoms with Gasteiger partial charge < -0.3 is 15.4 Å². The Hall–Kier alpha value is -2.64. The van der Waals surface area contributed by atoms with E-state index in [1.807, 2.05) is 25.1 Å². The summed E-state index contributed by atoms with van der Waals surface area (Å²) >= 11 is 9.29. The van der Waals surface area contributed by atoms with E-state index in [-0.39, 0.29) is 5.91 Å². The van der Waals surface area contributed by atoms with Gasteiger partial charge in [-0.05, 0) is 72.2 Å². The lowest BCUT2D eigenvalue weighted by Gasteiger charge is -2.16. The van der Waals surface area contributed by atoms with Crippen LogP contribution in [0.1, 0.15) is 12.6 Å². The van der Waals surface area contributed by atoms with Crippen molar-refractivity contribution in [1.82, 2.24) is 9.97 Å². The first-order valence-corrected chi connectivity index (χ1v) is 9.66. The molecule has 1 unspecified atom stereocenters. The van der Waals surface area contributed by atoms with Crippen LogP contribution in [0.4, 0.5) is 17.2 Å². The van der Waals surface area contributed by atoms with Gasteiger partial charge in [0, 0.05) is 28.2 Å². The van der Waals surface area contributed by atoms with Gasteiger partial charge in [0.05, 0.1) is 4.47 Å². The third-order valence-corrected chi connectivity index (χ3v) is 4.65. The monoisotopic (exact) mass is 460 g/mol. The summed E-state index contributed by atoms with van der Waals surface area (Å²) in [5.74, 6) is 1.00. The molecule has 0 radical (unpaired) electrons. The van der Waals surface area contributed by atoms with Crippen molar-refractivity contribution in [1.29, 1.82) is 0 Å². The Morgan fingerprint density at radius 2 is 1.82 bits per heavy atom. The average Bonchev–Trinajstić information content (AvgIpc) is 2.65. The zero-order valence-electron chi connectivity index (χ0n) is 15.2. The number of benzene rings is 2. The van der Waals surface area contributed by atoms with Gasteiger partial charge in [0.15, 0.2) is 6.10 Å². The van der Waals surface area contributed by atoms with E-state index in [4.69, 9.17) is 16.3 Å². The molecule has 0 bridgehead atoms. The molecule has 1 aromatic heterocycles. The lowest BCUT2D eigenvalue weighted by atomic mass is 10.2. The molecule has 1 atom stereocenters. The molecule has 3 rings (SSSR count). The van der Waals surface area contributed by atoms with Gasteiger partial charge in [0.1, 0.15) is 17.9 Å². The molecule has 0 saturated carbocycles. The summed E-state index contributed by atoms with van der Waals surface area (Å²) in [7, 11) is 0. The van der Waals surface area contributed by atoms with E-state index in [2.05, 4.69) is 36.5 Å². The van der Waals surface area contributed by atoms with Crippen LogP contribution in [0.15, 0.2) is 59.3 Å². The van der Waals surface area contributed by atoms with E-state index < -0.39 is 6.10 Å². The summed E-state index contributed by atoms with van der Waals surface area (Å²) in [6, 6.07) is 14.3. The van der Waals surface area contributed by atoms with E-state index >= 15 is 0 Å². The summed E-state index contributed by atoms with van der Waals surface area (Å²) in [5, 5.41) is 6.61. The van der Waals surface area contributed by atoms with Crippen LogP contribution in [-0.4, -0.2) is 22.0 Å². The number of aromatic nitrogens is 2. The third-order valence-electron chi connectivity index (χ3n) is 3.80. The van der Waals surface area contributed by atoms with Gasteiger partial charge in [0.25, 0.3) is 5.91 Å². The highest BCUT2D eigenvalue weighted by Gasteiger charge is 2.16. The molecule has 3 aromatic rings. The Kier molecular flexibility index (Phi) is 6.49. The van der Waals surface area contributed by atoms with Crippen LogP contribution in [0.3, 0.4) is 0 Å². The van der Waals surface area contributed by atoms with Crippen LogP contribution in [-0.2, 0) is 4.79 Å². The number of halogens is 2. The fraction of sp³-hybridized carbons (Fsp3) is 0.150. The van der Waals surface area contributed by atoms with E-state index in [1.165, 1.54) is 6.33 Å². The molecular formula is C20H18BrClN4O2. The number of nitrogens with one attached hydrogen (secondary N) is 2. The summed E-state index contributed by atoms with van der Waals surface area (Å²) in [5.41, 5.74) is 2.40. The average molecular weight is 462 g/mol. The molecule has 144 valence electrons. The van der Waals surface area contributed by atoms with Crippen molar-refractivity contribution in [3.05, 3.63) is 70.0 Å². The molecule has 0 fully saturated rings. The second-order valence-electron chi connectivity index (χ2n) is 6.07. The molecule has 0 saturated heterocycles. The SMILES string of the molecule is Cc1cc(Nc2ccc(NC(=O)C(C)Oc3ccc(Cl)cc3Br)cc2)ncn1. The van der Waals surface area contributed by atoms with Crippen molar-refractivity contribution in [2.45, 2.75) is 20.0 Å². The third kappa shape index (κ3) is 5.43. The number of nitrogens with zero attached hydrogens (tertiary/aromatic N) is 2. The van der Waals surface area contributed by atoms with Crippen molar-refractivity contribution in [2.24, 2.45) is 0 Å². The number of amides is 1. The number of carbonyl (C=O) groups excluding carboxylic acids is 1. The number of ether oxygens (including phenoxy) is 1. The van der Waals surface area contributed by atoms with Gasteiger partial charge >= 0.3 is 0 Å². The molecule has 1 amide bonds. The van der Waals surface area contributed by atoms with Crippen molar-refractivity contribution in [3.8, 4) is 5.75 Å². The maximum Gasteiger partial charge on any atom is 0.265 e. The molecule has 0 aliphatic heterocycles. The number of aryl methyl sites for hydroxylation is 1. The number of hydrogen-bond donors (Lipinski definition) is 2. The highest BCUT2D eigenvalue weighted by atomic mass is 79.9. The summed E-state index contributed by atoms with van der Waals surface area (Å²) < 4.78 is 6.39. The molecule has 0 aliphatic carbocycles. The first kappa shape index (κ1) is 20.1. The maximum atomic E-state index is 12.4. The minimum atomic E-state index is -0.681. The first-order chi connectivity index (χ1) is 13.4. The fourth-order valence-electron chi connectivity index (χ4n) is 2.37. The normalized spacial score (nSPS) is 11.6. The second kappa shape index (κ2) is 9.03. The number of rotatable bonds is 6. The zero-order chi connectivity index (χ0) is 20.1. The Morgan fingerprint density at radius 3 is 2.50 bits per heavy atom. The van der Waals surface area contributed by atoms with Crippen molar-refractivity contribution >= 4 is 50.6 Å². The van der Waals surface area contributed by atoms with Gasteiger partial charge in [-0.3, -0.25) is 4.79 Å². The van der Waals surface area contributed by atoms with E-state index in [0.29, 0.717) is 26.8 Å². The Labute approximate surface area is 176 Å². The highest BCUT2D eigenvalue weighted by Crippen LogP contribution is 2.29. The largest absolute Gasteiger partial charge is 0.480 e. The maximum absolute atomic E-state index is 12.4. The lowest BCUT2D eigenvalue weighted by molar-refractivity contribution is -0.122. The molecule has 6 nitrogen and oxygen atoms in total. The highest BCUT2D eigenvalue weighted by molar-refractivity contribution is 9.10. The Morgan fingerprint density at radius 1 is 1.11 bits per heavy atom. The minimum absolute atomic E-state index is 0.256. The topological polar surface area (TPSA) is 76.1 Å². The van der Waals surface area contributed by atoms with Crippen LogP contribution >= 0.6 is 27.5 Å². The number of anilines is 3. The first-order valence-electron chi connectivity index (χ1n) is 8.49. The Bertz CT molecular complexity index is 982. The minimum Gasteiger partial charge on any atom is -0.480 e. The molecule has 2 aromatic carbocycles. The van der Waals surface area contributed by atoms with Crippen LogP contribution in [0.25, 0.3) is 0 Å². The molecular weight excluding hydrogens is 444 g/mol. The van der Waals surface area contributed by atoms with Gasteiger partial charge in [-0.25, -0.2) is 9.97 Å². The quantitative estimate of drug-likeness (QED) is 0.517. The van der Waals surface area contributed by atoms with Crippen molar-refractivity contribution in [3.63, 3.8) is 0 Å². The summed E-state index contributed by atoms with van der Waals surface area (Å²) in [6.07, 6.45) is 0.825. The van der Waals surface area contributed by atoms with Gasteiger partial charge in [-0.2, -0.15) is 0 Å². The molecule has 0 spiro atoms. The summed E-state index contributed by atoms with van der Waals surface area (Å²) in [4.78, 5) is 20.6. The van der Waals surface area contributed by atoms with Crippen molar-refractivity contribution < 1.29 is 9.53 Å². The molecule has 2 N–H and O–H groups in total. The van der Waals surface area contributed by atoms with Crippen LogP contribution in [0, 0.1) is 6.92 Å². The van der Waals surface area contributed by atoms with E-state index in [1.54, 1.807) is 37.3 Å². The predicted octanol–water partition coefficient (Wildman–Crippen LogP) is 5.35. The smallest absolute Gasteiger partial charge is 0.265 e. The Balaban J connectivity index is 1.59. The zero-order valence-corrected chi connectivity index (χ0v) is 17.6. The standard InChI is InChI=1S/C20H18BrClN4O2/c1-12-9-19(24-11-23-12)25-15-4-6-16(7-5-15)26-20(27)13(2)28-18-8-3-14(22)10-17(18)21/h3-11,13H,1-2H3,(H,26,27)(H,23,24,25). The van der Waals surface area contributed by atoms with Crippen LogP contribution in [0.5, 0.6) is 5.75 Å². The summed E-state index contributed by atoms with van der Waals surface area (Å²) in [6.45, 7) is 3.58. The molecule has 8 heteroatoms. The van der Waals surface area contributed by atoms with Crippen molar-refractivity contribution in [2.75, 3.05) is 10.6 Å². The molecule has 28 heavy (non-hydrogen) atoms. The lowest BCUT2D eigenvalue weighted by Crippen LogP contribution is -2.30. The fourth-order valence-corrected chi connectivity index (χ4v) is 3.14. The molecule has 1 heterocycles. The molecule has 0 aliphatic rings. The number of hydrogen-bond acceptors (Lipinski definition) is 5. The second-order valence-corrected chi connectivity index (χ2v) is 7.36. The van der Waals surface area contributed by atoms with Crippen LogP contribution in [0.2, 0.25) is 5.02 Å².